The lowest BCUT2D eigenvalue weighted by Crippen LogP contribution is -2.28. The van der Waals surface area contributed by atoms with Gasteiger partial charge in [-0.1, -0.05) is 26.0 Å². The molecule has 2 rings (SSSR count). The first-order chi connectivity index (χ1) is 8.46. The lowest BCUT2D eigenvalue weighted by Gasteiger charge is -2.34. The SMILES string of the molecule is CC(N)c1ccc(OC2CCC(C)(C)CC2)cc1. The highest BCUT2D eigenvalue weighted by atomic mass is 16.5. The third kappa shape index (κ3) is 3.49. The average Bonchev–Trinajstić information content (AvgIpc) is 2.33. The third-order valence-corrected chi connectivity index (χ3v) is 3.99. The fourth-order valence-corrected chi connectivity index (χ4v) is 2.53. The van der Waals surface area contributed by atoms with E-state index in [9.17, 15) is 0 Å². The second kappa shape index (κ2) is 5.31. The van der Waals surface area contributed by atoms with Crippen LogP contribution in [-0.4, -0.2) is 6.10 Å². The molecule has 18 heavy (non-hydrogen) atoms. The summed E-state index contributed by atoms with van der Waals surface area (Å²) < 4.78 is 6.04. The lowest BCUT2D eigenvalue weighted by atomic mass is 9.76. The Labute approximate surface area is 111 Å². The fraction of sp³-hybridized carbons (Fsp3) is 0.625. The van der Waals surface area contributed by atoms with Crippen molar-refractivity contribution in [3.05, 3.63) is 29.8 Å². The monoisotopic (exact) mass is 247 g/mol. The van der Waals surface area contributed by atoms with Crippen LogP contribution in [0, 0.1) is 5.41 Å². The summed E-state index contributed by atoms with van der Waals surface area (Å²) in [5.74, 6) is 0.976. The van der Waals surface area contributed by atoms with Crippen molar-refractivity contribution >= 4 is 0 Å². The molecule has 0 radical (unpaired) electrons. The highest BCUT2D eigenvalue weighted by molar-refractivity contribution is 5.28. The van der Waals surface area contributed by atoms with Crippen LogP contribution in [0.4, 0.5) is 0 Å². The molecule has 1 fully saturated rings. The van der Waals surface area contributed by atoms with Gasteiger partial charge in [0, 0.05) is 6.04 Å². The molecule has 1 aliphatic rings. The molecule has 1 aliphatic carbocycles. The third-order valence-electron chi connectivity index (χ3n) is 3.99. The Morgan fingerprint density at radius 2 is 1.72 bits per heavy atom. The summed E-state index contributed by atoms with van der Waals surface area (Å²) in [7, 11) is 0. The zero-order valence-electron chi connectivity index (χ0n) is 11.8. The van der Waals surface area contributed by atoms with Crippen molar-refractivity contribution in [3.8, 4) is 5.75 Å². The first-order valence-electron chi connectivity index (χ1n) is 6.98. The molecule has 0 amide bonds. The first kappa shape index (κ1) is 13.4. The minimum absolute atomic E-state index is 0.0922. The van der Waals surface area contributed by atoms with Gasteiger partial charge in [-0.25, -0.2) is 0 Å². The topological polar surface area (TPSA) is 35.2 Å². The molecule has 1 saturated carbocycles. The van der Waals surface area contributed by atoms with Gasteiger partial charge in [-0.15, -0.1) is 0 Å². The number of hydrogen-bond acceptors (Lipinski definition) is 2. The fourth-order valence-electron chi connectivity index (χ4n) is 2.53. The molecule has 0 aliphatic heterocycles. The summed E-state index contributed by atoms with van der Waals surface area (Å²) in [4.78, 5) is 0. The molecule has 1 unspecified atom stereocenters. The summed E-state index contributed by atoms with van der Waals surface area (Å²) in [5, 5.41) is 0. The van der Waals surface area contributed by atoms with Crippen molar-refractivity contribution in [2.75, 3.05) is 0 Å². The minimum Gasteiger partial charge on any atom is -0.490 e. The molecular weight excluding hydrogens is 222 g/mol. The van der Waals surface area contributed by atoms with Crippen LogP contribution in [0.15, 0.2) is 24.3 Å². The van der Waals surface area contributed by atoms with Gasteiger partial charge in [-0.05, 0) is 55.7 Å². The van der Waals surface area contributed by atoms with Gasteiger partial charge >= 0.3 is 0 Å². The van der Waals surface area contributed by atoms with E-state index in [0.717, 1.165) is 11.3 Å². The van der Waals surface area contributed by atoms with Gasteiger partial charge in [-0.2, -0.15) is 0 Å². The van der Waals surface area contributed by atoms with E-state index in [1.807, 2.05) is 19.1 Å². The van der Waals surface area contributed by atoms with E-state index in [1.165, 1.54) is 25.7 Å². The van der Waals surface area contributed by atoms with Gasteiger partial charge in [0.15, 0.2) is 0 Å². The molecule has 2 nitrogen and oxygen atoms in total. The zero-order valence-corrected chi connectivity index (χ0v) is 11.8. The Morgan fingerprint density at radius 1 is 1.17 bits per heavy atom. The quantitative estimate of drug-likeness (QED) is 0.874. The molecule has 0 aromatic heterocycles. The zero-order chi connectivity index (χ0) is 13.2. The molecule has 2 heteroatoms. The van der Waals surface area contributed by atoms with Gasteiger partial charge in [0.25, 0.3) is 0 Å². The average molecular weight is 247 g/mol. The van der Waals surface area contributed by atoms with E-state index < -0.39 is 0 Å². The molecule has 1 aromatic rings. The van der Waals surface area contributed by atoms with Crippen LogP contribution in [0.3, 0.4) is 0 Å². The highest BCUT2D eigenvalue weighted by Gasteiger charge is 2.27. The maximum Gasteiger partial charge on any atom is 0.119 e. The van der Waals surface area contributed by atoms with Gasteiger partial charge in [-0.3, -0.25) is 0 Å². The van der Waals surface area contributed by atoms with Gasteiger partial charge < -0.3 is 10.5 Å². The second-order valence-electron chi connectivity index (χ2n) is 6.34. The van der Waals surface area contributed by atoms with E-state index in [2.05, 4.69) is 26.0 Å². The second-order valence-corrected chi connectivity index (χ2v) is 6.34. The highest BCUT2D eigenvalue weighted by Crippen LogP contribution is 2.36. The lowest BCUT2D eigenvalue weighted by molar-refractivity contribution is 0.0987. The van der Waals surface area contributed by atoms with Crippen molar-refractivity contribution in [1.82, 2.24) is 0 Å². The van der Waals surface area contributed by atoms with Crippen molar-refractivity contribution in [1.29, 1.82) is 0 Å². The largest absolute Gasteiger partial charge is 0.490 e. The molecule has 2 N–H and O–H groups in total. The number of hydrogen-bond donors (Lipinski definition) is 1. The standard InChI is InChI=1S/C16H25NO/c1-12(17)13-4-6-14(7-5-13)18-15-8-10-16(2,3)11-9-15/h4-7,12,15H,8-11,17H2,1-3H3. The Hall–Kier alpha value is -1.02. The van der Waals surface area contributed by atoms with Gasteiger partial charge in [0.1, 0.15) is 5.75 Å². The molecule has 1 aromatic carbocycles. The maximum atomic E-state index is 6.04. The van der Waals surface area contributed by atoms with Crippen LogP contribution in [0.5, 0.6) is 5.75 Å². The molecule has 1 atom stereocenters. The van der Waals surface area contributed by atoms with Gasteiger partial charge in [0.05, 0.1) is 6.10 Å². The molecule has 100 valence electrons. The van der Waals surface area contributed by atoms with Crippen molar-refractivity contribution in [3.63, 3.8) is 0 Å². The van der Waals surface area contributed by atoms with Crippen LogP contribution in [0.1, 0.15) is 58.1 Å². The van der Waals surface area contributed by atoms with Crippen LogP contribution in [0.25, 0.3) is 0 Å². The number of ether oxygens (including phenoxy) is 1. The van der Waals surface area contributed by atoms with E-state index in [-0.39, 0.29) is 6.04 Å². The summed E-state index contributed by atoms with van der Waals surface area (Å²) in [5.41, 5.74) is 7.50. The Bertz CT molecular complexity index is 371. The summed E-state index contributed by atoms with van der Waals surface area (Å²) >= 11 is 0. The Balaban J connectivity index is 1.90. The van der Waals surface area contributed by atoms with Crippen LogP contribution in [-0.2, 0) is 0 Å². The summed E-state index contributed by atoms with van der Waals surface area (Å²) in [6, 6.07) is 8.30. The molecule has 0 saturated heterocycles. The van der Waals surface area contributed by atoms with E-state index in [1.54, 1.807) is 0 Å². The predicted molar refractivity (Wildman–Crippen MR) is 75.7 cm³/mol. The van der Waals surface area contributed by atoms with Crippen LogP contribution < -0.4 is 10.5 Å². The van der Waals surface area contributed by atoms with Crippen LogP contribution >= 0.6 is 0 Å². The van der Waals surface area contributed by atoms with Crippen LogP contribution in [0.2, 0.25) is 0 Å². The van der Waals surface area contributed by atoms with E-state index >= 15 is 0 Å². The Morgan fingerprint density at radius 3 is 2.22 bits per heavy atom. The molecule has 0 heterocycles. The van der Waals surface area contributed by atoms with Crippen molar-refractivity contribution < 1.29 is 4.74 Å². The van der Waals surface area contributed by atoms with Crippen molar-refractivity contribution in [2.24, 2.45) is 11.1 Å². The van der Waals surface area contributed by atoms with E-state index in [4.69, 9.17) is 10.5 Å². The Kier molecular flexibility index (Phi) is 3.96. The number of benzene rings is 1. The predicted octanol–water partition coefficient (Wildman–Crippen LogP) is 4.05. The molecule has 0 spiro atoms. The number of rotatable bonds is 3. The normalized spacial score (nSPS) is 21.6. The smallest absolute Gasteiger partial charge is 0.119 e. The first-order valence-corrected chi connectivity index (χ1v) is 6.98. The van der Waals surface area contributed by atoms with Crippen molar-refractivity contribution in [2.45, 2.75) is 58.6 Å². The van der Waals surface area contributed by atoms with Gasteiger partial charge in [0.2, 0.25) is 0 Å². The summed E-state index contributed by atoms with van der Waals surface area (Å²) in [6.07, 6.45) is 5.24. The molecular formula is C16H25NO. The summed E-state index contributed by atoms with van der Waals surface area (Å²) in [6.45, 7) is 6.69. The minimum atomic E-state index is 0.0922. The maximum absolute atomic E-state index is 6.04. The van der Waals surface area contributed by atoms with E-state index in [0.29, 0.717) is 11.5 Å². The number of nitrogens with two attached hydrogens (primary N) is 1. The molecule has 0 bridgehead atoms.